The molecule has 1 aromatic heterocycles. The van der Waals surface area contributed by atoms with Crippen LogP contribution in [0.5, 0.6) is 0 Å². The third-order valence-electron chi connectivity index (χ3n) is 6.83. The summed E-state index contributed by atoms with van der Waals surface area (Å²) in [6.07, 6.45) is 0. The van der Waals surface area contributed by atoms with E-state index in [1.165, 1.54) is 0 Å². The third kappa shape index (κ3) is 6.26. The van der Waals surface area contributed by atoms with Crippen molar-refractivity contribution in [1.29, 1.82) is 0 Å². The number of rotatable bonds is 8. The van der Waals surface area contributed by atoms with Gasteiger partial charge in [-0.25, -0.2) is 14.6 Å². The molecule has 0 saturated heterocycles. The monoisotopic (exact) mass is 624 g/mol. The van der Waals surface area contributed by atoms with Crippen LogP contribution < -0.4 is 10.9 Å². The molecule has 1 atom stereocenters. The van der Waals surface area contributed by atoms with Gasteiger partial charge in [0.15, 0.2) is 0 Å². The number of fused-ring (bicyclic) bond motifs is 1. The van der Waals surface area contributed by atoms with Crippen molar-refractivity contribution in [2.45, 2.75) is 26.4 Å². The number of benzene rings is 4. The minimum Gasteiger partial charge on any atom is -0.462 e. The summed E-state index contributed by atoms with van der Waals surface area (Å²) < 4.78 is 7.50. The molecule has 0 radical (unpaired) electrons. The van der Waals surface area contributed by atoms with Crippen molar-refractivity contribution >= 4 is 44.5 Å². The number of carbonyl (C=O) groups is 2. The van der Waals surface area contributed by atoms with Crippen molar-refractivity contribution in [3.63, 3.8) is 0 Å². The van der Waals surface area contributed by atoms with Gasteiger partial charge in [-0.3, -0.25) is 9.36 Å². The standard InChI is InChI=1S/C33H29BrN4O4/c1-3-42-32(40)24-13-17-26(18-14-24)35-33(41)37(21-23-9-5-4-6-10-23)22(2)30-36-29-12-8-7-11-28(29)31(39)38(30)27-19-15-25(34)16-20-27/h4-20,22H,3,21H2,1-2H3,(H,35,41). The van der Waals surface area contributed by atoms with Gasteiger partial charge in [0.2, 0.25) is 0 Å². The summed E-state index contributed by atoms with van der Waals surface area (Å²) in [4.78, 5) is 46.4. The van der Waals surface area contributed by atoms with Crippen LogP contribution in [0.2, 0.25) is 0 Å². The van der Waals surface area contributed by atoms with Crippen LogP contribution in [0, 0.1) is 0 Å². The van der Waals surface area contributed by atoms with Crippen LogP contribution >= 0.6 is 15.9 Å². The molecule has 5 aromatic rings. The molecule has 2 amide bonds. The number of esters is 1. The van der Waals surface area contributed by atoms with Gasteiger partial charge in [0, 0.05) is 16.7 Å². The molecule has 0 aliphatic heterocycles. The molecule has 5 rings (SSSR count). The average Bonchev–Trinajstić information content (AvgIpc) is 3.01. The topological polar surface area (TPSA) is 93.5 Å². The number of hydrogen-bond acceptors (Lipinski definition) is 5. The van der Waals surface area contributed by atoms with E-state index in [1.807, 2.05) is 73.7 Å². The van der Waals surface area contributed by atoms with Crippen LogP contribution in [0.25, 0.3) is 16.6 Å². The minimum atomic E-state index is -0.620. The van der Waals surface area contributed by atoms with Crippen LogP contribution in [0.15, 0.2) is 112 Å². The molecule has 0 fully saturated rings. The summed E-state index contributed by atoms with van der Waals surface area (Å²) in [5.74, 6) is -0.00671. The summed E-state index contributed by atoms with van der Waals surface area (Å²) >= 11 is 3.46. The summed E-state index contributed by atoms with van der Waals surface area (Å²) in [5, 5.41) is 3.43. The number of hydrogen-bond donors (Lipinski definition) is 1. The average molecular weight is 626 g/mol. The lowest BCUT2D eigenvalue weighted by Crippen LogP contribution is -2.39. The number of para-hydroxylation sites is 1. The first kappa shape index (κ1) is 28.8. The minimum absolute atomic E-state index is 0.223. The van der Waals surface area contributed by atoms with Gasteiger partial charge < -0.3 is 15.0 Å². The number of anilines is 1. The fraction of sp³-hybridized carbons (Fsp3) is 0.152. The predicted molar refractivity (Wildman–Crippen MR) is 167 cm³/mol. The number of nitrogens with one attached hydrogen (secondary N) is 1. The summed E-state index contributed by atoms with van der Waals surface area (Å²) in [6, 6.07) is 29.7. The second-order valence-corrected chi connectivity index (χ2v) is 10.5. The molecule has 0 spiro atoms. The van der Waals surface area contributed by atoms with Crippen LogP contribution in [0.3, 0.4) is 0 Å². The van der Waals surface area contributed by atoms with Crippen molar-refractivity contribution in [3.8, 4) is 5.69 Å². The van der Waals surface area contributed by atoms with Gasteiger partial charge in [-0.15, -0.1) is 0 Å². The summed E-state index contributed by atoms with van der Waals surface area (Å²) in [5.41, 5.74) is 2.78. The van der Waals surface area contributed by atoms with Gasteiger partial charge in [-0.1, -0.05) is 58.4 Å². The maximum Gasteiger partial charge on any atom is 0.338 e. The zero-order chi connectivity index (χ0) is 29.6. The number of aromatic nitrogens is 2. The second kappa shape index (κ2) is 12.8. The van der Waals surface area contributed by atoms with Gasteiger partial charge in [0.1, 0.15) is 5.82 Å². The third-order valence-corrected chi connectivity index (χ3v) is 7.36. The molecule has 9 heteroatoms. The zero-order valence-electron chi connectivity index (χ0n) is 23.2. The molecule has 0 bridgehead atoms. The maximum atomic E-state index is 13.9. The fourth-order valence-electron chi connectivity index (χ4n) is 4.67. The van der Waals surface area contributed by atoms with E-state index in [1.54, 1.807) is 52.8 Å². The molecular weight excluding hydrogens is 596 g/mol. The van der Waals surface area contributed by atoms with Gasteiger partial charge in [-0.05, 0) is 80.1 Å². The Kier molecular flexibility index (Phi) is 8.78. The molecule has 212 valence electrons. The van der Waals surface area contributed by atoms with E-state index in [2.05, 4.69) is 21.2 Å². The summed E-state index contributed by atoms with van der Waals surface area (Å²) in [7, 11) is 0. The molecule has 0 saturated carbocycles. The number of amides is 2. The van der Waals surface area contributed by atoms with E-state index in [0.717, 1.165) is 10.0 Å². The Balaban J connectivity index is 1.56. The fourth-order valence-corrected chi connectivity index (χ4v) is 4.94. The van der Waals surface area contributed by atoms with Crippen molar-refractivity contribution in [3.05, 3.63) is 135 Å². The first-order valence-corrected chi connectivity index (χ1v) is 14.3. The Morgan fingerprint density at radius 1 is 0.929 bits per heavy atom. The highest BCUT2D eigenvalue weighted by atomic mass is 79.9. The highest BCUT2D eigenvalue weighted by molar-refractivity contribution is 9.10. The van der Waals surface area contributed by atoms with E-state index in [9.17, 15) is 14.4 Å². The Morgan fingerprint density at radius 2 is 1.60 bits per heavy atom. The number of halogens is 1. The number of carbonyl (C=O) groups excluding carboxylic acids is 2. The highest BCUT2D eigenvalue weighted by Gasteiger charge is 2.27. The van der Waals surface area contributed by atoms with Gasteiger partial charge in [0.25, 0.3) is 5.56 Å². The predicted octanol–water partition coefficient (Wildman–Crippen LogP) is 7.12. The molecule has 1 unspecified atom stereocenters. The molecule has 1 N–H and O–H groups in total. The quantitative estimate of drug-likeness (QED) is 0.186. The molecule has 4 aromatic carbocycles. The summed E-state index contributed by atoms with van der Waals surface area (Å²) in [6.45, 7) is 4.14. The van der Waals surface area contributed by atoms with Crippen LogP contribution in [0.1, 0.15) is 41.6 Å². The van der Waals surface area contributed by atoms with E-state index in [-0.39, 0.29) is 24.7 Å². The zero-order valence-corrected chi connectivity index (χ0v) is 24.7. The van der Waals surface area contributed by atoms with Crippen LogP contribution in [-0.2, 0) is 11.3 Å². The Morgan fingerprint density at radius 3 is 2.29 bits per heavy atom. The van der Waals surface area contributed by atoms with Crippen LogP contribution in [0.4, 0.5) is 10.5 Å². The van der Waals surface area contributed by atoms with E-state index >= 15 is 0 Å². The SMILES string of the molecule is CCOC(=O)c1ccc(NC(=O)N(Cc2ccccc2)C(C)c2nc3ccccc3c(=O)n2-c2ccc(Br)cc2)cc1. The maximum absolute atomic E-state index is 13.9. The molecule has 1 heterocycles. The van der Waals surface area contributed by atoms with Crippen molar-refractivity contribution in [2.75, 3.05) is 11.9 Å². The lowest BCUT2D eigenvalue weighted by Gasteiger charge is -2.31. The molecule has 42 heavy (non-hydrogen) atoms. The first-order valence-electron chi connectivity index (χ1n) is 13.5. The van der Waals surface area contributed by atoms with Crippen LogP contribution in [-0.4, -0.2) is 33.1 Å². The van der Waals surface area contributed by atoms with Crippen molar-refractivity contribution in [2.24, 2.45) is 0 Å². The van der Waals surface area contributed by atoms with E-state index in [4.69, 9.17) is 9.72 Å². The number of ether oxygens (including phenoxy) is 1. The molecule has 0 aliphatic carbocycles. The van der Waals surface area contributed by atoms with E-state index in [0.29, 0.717) is 33.7 Å². The molecule has 8 nitrogen and oxygen atoms in total. The normalized spacial score (nSPS) is 11.6. The lowest BCUT2D eigenvalue weighted by molar-refractivity contribution is 0.0526. The number of urea groups is 1. The van der Waals surface area contributed by atoms with Crippen molar-refractivity contribution < 1.29 is 14.3 Å². The van der Waals surface area contributed by atoms with Crippen molar-refractivity contribution in [1.82, 2.24) is 14.5 Å². The molecule has 0 aliphatic rings. The van der Waals surface area contributed by atoms with Gasteiger partial charge >= 0.3 is 12.0 Å². The highest BCUT2D eigenvalue weighted by Crippen LogP contribution is 2.26. The van der Waals surface area contributed by atoms with Gasteiger partial charge in [-0.2, -0.15) is 0 Å². The Bertz CT molecular complexity index is 1770. The smallest absolute Gasteiger partial charge is 0.338 e. The van der Waals surface area contributed by atoms with Gasteiger partial charge in [0.05, 0.1) is 34.8 Å². The molecular formula is C33H29BrN4O4. The largest absolute Gasteiger partial charge is 0.462 e. The Hall–Kier alpha value is -4.76. The lowest BCUT2D eigenvalue weighted by atomic mass is 10.1. The first-order chi connectivity index (χ1) is 20.4. The number of nitrogens with zero attached hydrogens (tertiary/aromatic N) is 3. The Labute approximate surface area is 251 Å². The van der Waals surface area contributed by atoms with E-state index < -0.39 is 12.0 Å². The second-order valence-electron chi connectivity index (χ2n) is 9.62.